The summed E-state index contributed by atoms with van der Waals surface area (Å²) in [6.07, 6.45) is 2.46. The second-order valence-electron chi connectivity index (χ2n) is 4.62. The Morgan fingerprint density at radius 2 is 2.12 bits per heavy atom. The molecule has 0 aromatic heterocycles. The summed E-state index contributed by atoms with van der Waals surface area (Å²) in [5, 5.41) is 3.63. The van der Waals surface area contributed by atoms with Gasteiger partial charge in [-0.2, -0.15) is 0 Å². The first-order valence-electron chi connectivity index (χ1n) is 5.64. The molecule has 1 N–H and O–H groups in total. The van der Waals surface area contributed by atoms with Crippen LogP contribution in [0.4, 0.5) is 0 Å². The highest BCUT2D eigenvalue weighted by atomic mass is 35.5. The maximum Gasteiger partial charge on any atom is 0.251 e. The smallest absolute Gasteiger partial charge is 0.251 e. The fourth-order valence-electron chi connectivity index (χ4n) is 1.87. The summed E-state index contributed by atoms with van der Waals surface area (Å²) >= 11 is 5.93. The Morgan fingerprint density at radius 3 is 2.69 bits per heavy atom. The Hall–Kier alpha value is -1.02. The van der Waals surface area contributed by atoms with E-state index in [0.717, 1.165) is 5.56 Å². The molecule has 1 atom stereocenters. The third-order valence-corrected chi connectivity index (χ3v) is 3.21. The van der Waals surface area contributed by atoms with Crippen LogP contribution >= 0.6 is 11.6 Å². The topological polar surface area (TPSA) is 29.1 Å². The fourth-order valence-corrected chi connectivity index (χ4v) is 2.16. The molecule has 0 aliphatic heterocycles. The van der Waals surface area contributed by atoms with Gasteiger partial charge >= 0.3 is 0 Å². The molecule has 0 bridgehead atoms. The maximum atomic E-state index is 11.9. The van der Waals surface area contributed by atoms with Crippen molar-refractivity contribution in [2.75, 3.05) is 0 Å². The monoisotopic (exact) mass is 237 g/mol. The number of benzene rings is 1. The number of carbonyl (C=O) groups is 1. The zero-order chi connectivity index (χ0) is 11.7. The average Bonchev–Trinajstić information content (AvgIpc) is 2.98. The molecule has 1 saturated carbocycles. The Balaban J connectivity index is 2.07. The summed E-state index contributed by atoms with van der Waals surface area (Å²) in [6, 6.07) is 5.69. The van der Waals surface area contributed by atoms with Crippen molar-refractivity contribution in [3.63, 3.8) is 0 Å². The van der Waals surface area contributed by atoms with Crippen molar-refractivity contribution in [2.45, 2.75) is 32.7 Å². The number of halogens is 1. The quantitative estimate of drug-likeness (QED) is 0.860. The lowest BCUT2D eigenvalue weighted by Gasteiger charge is -2.13. The number of hydrogen-bond acceptors (Lipinski definition) is 1. The first-order valence-corrected chi connectivity index (χ1v) is 6.02. The Bertz CT molecular complexity index is 392. The van der Waals surface area contributed by atoms with Crippen LogP contribution < -0.4 is 5.32 Å². The van der Waals surface area contributed by atoms with Crippen LogP contribution in [0.15, 0.2) is 18.2 Å². The van der Waals surface area contributed by atoms with Crippen LogP contribution in [0.1, 0.15) is 35.7 Å². The predicted molar refractivity (Wildman–Crippen MR) is 65.8 cm³/mol. The summed E-state index contributed by atoms with van der Waals surface area (Å²) in [5.74, 6) is 0.647. The van der Waals surface area contributed by atoms with Crippen LogP contribution in [0.3, 0.4) is 0 Å². The molecule has 0 radical (unpaired) electrons. The Kier molecular flexibility index (Phi) is 3.20. The third kappa shape index (κ3) is 2.76. The number of aryl methyl sites for hydroxylation is 1. The van der Waals surface area contributed by atoms with E-state index in [1.165, 1.54) is 12.8 Å². The van der Waals surface area contributed by atoms with Gasteiger partial charge < -0.3 is 5.32 Å². The molecule has 0 spiro atoms. The maximum absolute atomic E-state index is 11.9. The number of nitrogens with one attached hydrogen (secondary N) is 1. The van der Waals surface area contributed by atoms with Gasteiger partial charge in [-0.05, 0) is 56.4 Å². The zero-order valence-electron chi connectivity index (χ0n) is 9.59. The second-order valence-corrected chi connectivity index (χ2v) is 5.05. The van der Waals surface area contributed by atoms with E-state index in [0.29, 0.717) is 16.5 Å². The van der Waals surface area contributed by atoms with Gasteiger partial charge in [-0.1, -0.05) is 11.6 Å². The lowest BCUT2D eigenvalue weighted by molar-refractivity contribution is 0.0936. The minimum atomic E-state index is -0.0231. The molecule has 0 saturated heterocycles. The van der Waals surface area contributed by atoms with Crippen molar-refractivity contribution in [2.24, 2.45) is 5.92 Å². The second kappa shape index (κ2) is 4.46. The van der Waals surface area contributed by atoms with Crippen LogP contribution in [-0.4, -0.2) is 11.9 Å². The predicted octanol–water partition coefficient (Wildman–Crippen LogP) is 3.18. The highest BCUT2D eigenvalue weighted by Crippen LogP contribution is 2.32. The molecule has 0 heterocycles. The van der Waals surface area contributed by atoms with E-state index in [-0.39, 0.29) is 11.9 Å². The highest BCUT2D eigenvalue weighted by molar-refractivity contribution is 6.31. The summed E-state index contributed by atoms with van der Waals surface area (Å²) in [4.78, 5) is 11.9. The molecular formula is C13H16ClNO. The van der Waals surface area contributed by atoms with Gasteiger partial charge in [0.25, 0.3) is 5.91 Å². The van der Waals surface area contributed by atoms with Crippen LogP contribution in [0.2, 0.25) is 5.02 Å². The number of rotatable bonds is 3. The SMILES string of the molecule is Cc1cc(Cl)cc(C(=O)NC(C)C2CC2)c1. The summed E-state index contributed by atoms with van der Waals surface area (Å²) < 4.78 is 0. The van der Waals surface area contributed by atoms with E-state index < -0.39 is 0 Å². The number of carbonyl (C=O) groups excluding carboxylic acids is 1. The van der Waals surface area contributed by atoms with E-state index in [1.54, 1.807) is 6.07 Å². The van der Waals surface area contributed by atoms with Crippen molar-refractivity contribution < 1.29 is 4.79 Å². The molecule has 3 heteroatoms. The minimum Gasteiger partial charge on any atom is -0.349 e. The standard InChI is InChI=1S/C13H16ClNO/c1-8-5-11(7-12(14)6-8)13(16)15-9(2)10-3-4-10/h5-7,9-10H,3-4H2,1-2H3,(H,15,16). The number of amides is 1. The molecule has 1 aliphatic rings. The van der Waals surface area contributed by atoms with Gasteiger partial charge in [-0.15, -0.1) is 0 Å². The molecule has 1 aromatic rings. The van der Waals surface area contributed by atoms with Crippen molar-refractivity contribution in [3.8, 4) is 0 Å². The van der Waals surface area contributed by atoms with Crippen LogP contribution in [0.25, 0.3) is 0 Å². The number of hydrogen-bond donors (Lipinski definition) is 1. The van der Waals surface area contributed by atoms with Gasteiger partial charge in [0, 0.05) is 16.6 Å². The van der Waals surface area contributed by atoms with Gasteiger partial charge in [0.1, 0.15) is 0 Å². The lowest BCUT2D eigenvalue weighted by atomic mass is 10.1. The van der Waals surface area contributed by atoms with Gasteiger partial charge in [0.2, 0.25) is 0 Å². The van der Waals surface area contributed by atoms with E-state index in [2.05, 4.69) is 12.2 Å². The van der Waals surface area contributed by atoms with Crippen LogP contribution in [0, 0.1) is 12.8 Å². The van der Waals surface area contributed by atoms with E-state index >= 15 is 0 Å². The highest BCUT2D eigenvalue weighted by Gasteiger charge is 2.29. The molecule has 1 unspecified atom stereocenters. The van der Waals surface area contributed by atoms with Crippen molar-refractivity contribution in [1.82, 2.24) is 5.32 Å². The van der Waals surface area contributed by atoms with Crippen molar-refractivity contribution in [3.05, 3.63) is 34.3 Å². The average molecular weight is 238 g/mol. The van der Waals surface area contributed by atoms with Crippen LogP contribution in [0.5, 0.6) is 0 Å². The van der Waals surface area contributed by atoms with E-state index in [4.69, 9.17) is 11.6 Å². The summed E-state index contributed by atoms with van der Waals surface area (Å²) in [5.41, 5.74) is 1.66. The van der Waals surface area contributed by atoms with Gasteiger partial charge in [-0.25, -0.2) is 0 Å². The Morgan fingerprint density at radius 1 is 1.44 bits per heavy atom. The summed E-state index contributed by atoms with van der Waals surface area (Å²) in [7, 11) is 0. The molecular weight excluding hydrogens is 222 g/mol. The van der Waals surface area contributed by atoms with Crippen LogP contribution in [-0.2, 0) is 0 Å². The molecule has 1 aliphatic carbocycles. The normalized spacial score (nSPS) is 16.9. The van der Waals surface area contributed by atoms with Crippen molar-refractivity contribution >= 4 is 17.5 Å². The molecule has 16 heavy (non-hydrogen) atoms. The van der Waals surface area contributed by atoms with Gasteiger partial charge in [-0.3, -0.25) is 4.79 Å². The minimum absolute atomic E-state index is 0.0231. The Labute approximate surface area is 101 Å². The molecule has 1 fully saturated rings. The van der Waals surface area contributed by atoms with Crippen molar-refractivity contribution in [1.29, 1.82) is 0 Å². The summed E-state index contributed by atoms with van der Waals surface area (Å²) in [6.45, 7) is 4.00. The van der Waals surface area contributed by atoms with E-state index in [9.17, 15) is 4.79 Å². The first-order chi connectivity index (χ1) is 7.56. The third-order valence-electron chi connectivity index (χ3n) is 2.99. The van der Waals surface area contributed by atoms with E-state index in [1.807, 2.05) is 19.1 Å². The molecule has 1 amide bonds. The molecule has 2 nitrogen and oxygen atoms in total. The molecule has 1 aromatic carbocycles. The van der Waals surface area contributed by atoms with Gasteiger partial charge in [0.15, 0.2) is 0 Å². The lowest BCUT2D eigenvalue weighted by Crippen LogP contribution is -2.34. The first kappa shape index (κ1) is 11.5. The largest absolute Gasteiger partial charge is 0.349 e. The molecule has 2 rings (SSSR count). The molecule has 86 valence electrons. The van der Waals surface area contributed by atoms with Gasteiger partial charge in [0.05, 0.1) is 0 Å². The zero-order valence-corrected chi connectivity index (χ0v) is 10.3. The fraction of sp³-hybridized carbons (Fsp3) is 0.462.